The average Bonchev–Trinajstić information content (AvgIpc) is 2.48. The Kier molecular flexibility index (Phi) is 6.57. The third kappa shape index (κ3) is 5.04. The molecule has 0 bridgehead atoms. The van der Waals surface area contributed by atoms with E-state index in [1.807, 2.05) is 26.4 Å². The zero-order chi connectivity index (χ0) is 15.1. The Labute approximate surface area is 134 Å². The van der Waals surface area contributed by atoms with E-state index in [-0.39, 0.29) is 0 Å². The monoisotopic (exact) mass is 351 g/mol. The van der Waals surface area contributed by atoms with Crippen LogP contribution in [-0.4, -0.2) is 50.3 Å². The summed E-state index contributed by atoms with van der Waals surface area (Å²) >= 11 is 3.57. The number of fused-ring (bicyclic) bond motifs is 1. The van der Waals surface area contributed by atoms with Gasteiger partial charge in [0.15, 0.2) is 0 Å². The molecule has 0 radical (unpaired) electrons. The van der Waals surface area contributed by atoms with Crippen LogP contribution in [0, 0.1) is 0 Å². The van der Waals surface area contributed by atoms with E-state index in [9.17, 15) is 0 Å². The molecule has 2 aromatic rings. The fourth-order valence-electron chi connectivity index (χ4n) is 2.06. The topological polar surface area (TPSA) is 37.4 Å². The lowest BCUT2D eigenvalue weighted by atomic mass is 10.1. The van der Waals surface area contributed by atoms with E-state index in [1.54, 1.807) is 0 Å². The summed E-state index contributed by atoms with van der Waals surface area (Å²) in [5.74, 6) is 0. The minimum Gasteiger partial charge on any atom is -0.379 e. The second-order valence-corrected chi connectivity index (χ2v) is 6.05. The maximum absolute atomic E-state index is 5.56. The Morgan fingerprint density at radius 2 is 2.10 bits per heavy atom. The van der Waals surface area contributed by atoms with E-state index >= 15 is 0 Å². The van der Waals surface area contributed by atoms with Gasteiger partial charge in [-0.3, -0.25) is 4.98 Å². The zero-order valence-electron chi connectivity index (χ0n) is 12.6. The third-order valence-corrected chi connectivity index (χ3v) is 3.91. The maximum Gasteiger partial charge on any atom is 0.0758 e. The predicted octanol–water partition coefficient (Wildman–Crippen LogP) is 2.67. The molecule has 0 atom stereocenters. The summed E-state index contributed by atoms with van der Waals surface area (Å²) in [6.45, 7) is 4.12. The second-order valence-electron chi connectivity index (χ2n) is 5.20. The number of aromatic nitrogens is 1. The summed E-state index contributed by atoms with van der Waals surface area (Å²) in [7, 11) is 4.10. The van der Waals surface area contributed by atoms with Gasteiger partial charge in [0.05, 0.1) is 18.7 Å². The number of ether oxygens (including phenoxy) is 1. The van der Waals surface area contributed by atoms with E-state index < -0.39 is 0 Å². The molecule has 1 aromatic heterocycles. The molecular formula is C16H22BrN3O. The van der Waals surface area contributed by atoms with Gasteiger partial charge in [-0.15, -0.1) is 0 Å². The summed E-state index contributed by atoms with van der Waals surface area (Å²) in [5.41, 5.74) is 2.26. The average molecular weight is 352 g/mol. The van der Waals surface area contributed by atoms with Gasteiger partial charge in [-0.05, 0) is 31.8 Å². The predicted molar refractivity (Wildman–Crippen MR) is 90.5 cm³/mol. The fourth-order valence-corrected chi connectivity index (χ4v) is 2.51. The van der Waals surface area contributed by atoms with Crippen molar-refractivity contribution in [3.8, 4) is 0 Å². The Morgan fingerprint density at radius 1 is 1.24 bits per heavy atom. The molecule has 0 aliphatic rings. The highest BCUT2D eigenvalue weighted by Crippen LogP contribution is 2.24. The van der Waals surface area contributed by atoms with Crippen molar-refractivity contribution in [2.24, 2.45) is 0 Å². The molecule has 1 N–H and O–H groups in total. The van der Waals surface area contributed by atoms with Crippen molar-refractivity contribution in [3.63, 3.8) is 0 Å². The van der Waals surface area contributed by atoms with Gasteiger partial charge in [-0.25, -0.2) is 0 Å². The number of likely N-dealkylation sites (N-methyl/N-ethyl adjacent to an activating group) is 1. The van der Waals surface area contributed by atoms with Gasteiger partial charge in [0.1, 0.15) is 0 Å². The summed E-state index contributed by atoms with van der Waals surface area (Å²) < 4.78 is 6.65. The van der Waals surface area contributed by atoms with Gasteiger partial charge in [0.25, 0.3) is 0 Å². The lowest BCUT2D eigenvalue weighted by Crippen LogP contribution is -2.23. The van der Waals surface area contributed by atoms with Crippen molar-refractivity contribution in [2.45, 2.75) is 6.54 Å². The largest absolute Gasteiger partial charge is 0.379 e. The molecular weight excluding hydrogens is 330 g/mol. The molecule has 1 heterocycles. The van der Waals surface area contributed by atoms with Crippen LogP contribution in [0.4, 0.5) is 0 Å². The molecule has 5 heteroatoms. The van der Waals surface area contributed by atoms with Gasteiger partial charge in [0, 0.05) is 35.7 Å². The first-order chi connectivity index (χ1) is 10.2. The number of nitrogens with zero attached hydrogens (tertiary/aromatic N) is 2. The summed E-state index contributed by atoms with van der Waals surface area (Å²) in [6.07, 6.45) is 1.84. The molecule has 4 nitrogen and oxygen atoms in total. The van der Waals surface area contributed by atoms with Crippen molar-refractivity contribution in [3.05, 3.63) is 40.5 Å². The van der Waals surface area contributed by atoms with Crippen molar-refractivity contribution in [1.82, 2.24) is 15.2 Å². The van der Waals surface area contributed by atoms with Crippen LogP contribution < -0.4 is 5.32 Å². The number of benzene rings is 1. The second kappa shape index (κ2) is 8.44. The quantitative estimate of drug-likeness (QED) is 0.742. The van der Waals surface area contributed by atoms with E-state index in [0.717, 1.165) is 48.2 Å². The summed E-state index contributed by atoms with van der Waals surface area (Å²) in [4.78, 5) is 6.60. The Balaban J connectivity index is 1.80. The molecule has 2 rings (SSSR count). The minimum atomic E-state index is 0.732. The normalized spacial score (nSPS) is 11.4. The first-order valence-electron chi connectivity index (χ1n) is 7.14. The van der Waals surface area contributed by atoms with Crippen LogP contribution in [0.15, 0.2) is 34.9 Å². The van der Waals surface area contributed by atoms with Crippen LogP contribution in [0.1, 0.15) is 5.56 Å². The number of rotatable bonds is 8. The Hall–Kier alpha value is -1.01. The van der Waals surface area contributed by atoms with Crippen LogP contribution in [0.2, 0.25) is 0 Å². The summed E-state index contributed by atoms with van der Waals surface area (Å²) in [6, 6.07) is 8.23. The Bertz CT molecular complexity index is 574. The van der Waals surface area contributed by atoms with Crippen LogP contribution in [0.25, 0.3) is 10.9 Å². The molecule has 0 fully saturated rings. The molecule has 0 aliphatic carbocycles. The highest BCUT2D eigenvalue weighted by Gasteiger charge is 2.04. The number of hydrogen-bond donors (Lipinski definition) is 1. The number of nitrogens with one attached hydrogen (secondary N) is 1. The van der Waals surface area contributed by atoms with E-state index in [1.165, 1.54) is 5.56 Å². The SMILES string of the molecule is CN(C)CCOCCNCc1ccc(Br)c2cccnc12. The highest BCUT2D eigenvalue weighted by molar-refractivity contribution is 9.10. The van der Waals surface area contributed by atoms with Gasteiger partial charge in [-0.1, -0.05) is 28.1 Å². The van der Waals surface area contributed by atoms with Crippen molar-refractivity contribution in [1.29, 1.82) is 0 Å². The highest BCUT2D eigenvalue weighted by atomic mass is 79.9. The van der Waals surface area contributed by atoms with E-state index in [0.29, 0.717) is 0 Å². The molecule has 0 saturated carbocycles. The molecule has 114 valence electrons. The van der Waals surface area contributed by atoms with E-state index in [2.05, 4.69) is 49.3 Å². The standard InChI is InChI=1S/C16H22BrN3O/c1-20(2)9-11-21-10-8-18-12-13-5-6-15(17)14-4-3-7-19-16(13)14/h3-7,18H,8-12H2,1-2H3. The minimum absolute atomic E-state index is 0.732. The molecule has 0 amide bonds. The molecule has 0 unspecified atom stereocenters. The van der Waals surface area contributed by atoms with E-state index in [4.69, 9.17) is 4.74 Å². The van der Waals surface area contributed by atoms with Gasteiger partial charge >= 0.3 is 0 Å². The summed E-state index contributed by atoms with van der Waals surface area (Å²) in [5, 5.41) is 4.56. The van der Waals surface area contributed by atoms with Crippen molar-refractivity contribution < 1.29 is 4.74 Å². The van der Waals surface area contributed by atoms with Gasteiger partial charge in [0.2, 0.25) is 0 Å². The van der Waals surface area contributed by atoms with Crippen molar-refractivity contribution >= 4 is 26.8 Å². The number of halogens is 1. The van der Waals surface area contributed by atoms with Crippen LogP contribution in [0.5, 0.6) is 0 Å². The van der Waals surface area contributed by atoms with Crippen LogP contribution in [0.3, 0.4) is 0 Å². The lowest BCUT2D eigenvalue weighted by molar-refractivity contribution is 0.119. The third-order valence-electron chi connectivity index (χ3n) is 3.22. The zero-order valence-corrected chi connectivity index (χ0v) is 14.2. The Morgan fingerprint density at radius 3 is 2.90 bits per heavy atom. The molecule has 0 saturated heterocycles. The number of hydrogen-bond acceptors (Lipinski definition) is 4. The van der Waals surface area contributed by atoms with Gasteiger partial charge < -0.3 is 15.0 Å². The smallest absolute Gasteiger partial charge is 0.0758 e. The number of pyridine rings is 1. The molecule has 0 aliphatic heterocycles. The first kappa shape index (κ1) is 16.4. The fraction of sp³-hybridized carbons (Fsp3) is 0.438. The molecule has 0 spiro atoms. The maximum atomic E-state index is 5.56. The van der Waals surface area contributed by atoms with Crippen molar-refractivity contribution in [2.75, 3.05) is 40.4 Å². The molecule has 21 heavy (non-hydrogen) atoms. The first-order valence-corrected chi connectivity index (χ1v) is 7.93. The van der Waals surface area contributed by atoms with Gasteiger partial charge in [-0.2, -0.15) is 0 Å². The van der Waals surface area contributed by atoms with Crippen LogP contribution >= 0.6 is 15.9 Å². The van der Waals surface area contributed by atoms with Crippen LogP contribution in [-0.2, 0) is 11.3 Å². The lowest BCUT2D eigenvalue weighted by Gasteiger charge is -2.11. The molecule has 1 aromatic carbocycles.